The molecule has 5 aromatic rings. The molecule has 0 bridgehead atoms. The van der Waals surface area contributed by atoms with E-state index in [0.29, 0.717) is 11.1 Å². The van der Waals surface area contributed by atoms with Crippen LogP contribution < -0.4 is 4.74 Å². The van der Waals surface area contributed by atoms with E-state index in [-0.39, 0.29) is 33.6 Å². The SMILES string of the molecule is CCCCCc1ccc(C(F)(F)Oc2ccc(-c3ccc(-c4cc(F)c(-c5ccc(C#N)c(F)c5)c(F)c4)c(F)c3)cc2)cc1. The van der Waals surface area contributed by atoms with Crippen molar-refractivity contribution in [3.05, 3.63) is 137 Å². The predicted molar refractivity (Wildman–Crippen MR) is 161 cm³/mol. The number of alkyl halides is 2. The molecule has 228 valence electrons. The molecule has 0 aliphatic carbocycles. The lowest BCUT2D eigenvalue weighted by Crippen LogP contribution is -2.21. The zero-order valence-corrected chi connectivity index (χ0v) is 24.2. The van der Waals surface area contributed by atoms with Crippen LogP contribution in [-0.2, 0) is 12.5 Å². The topological polar surface area (TPSA) is 33.0 Å². The van der Waals surface area contributed by atoms with Gasteiger partial charge in [0.2, 0.25) is 0 Å². The lowest BCUT2D eigenvalue weighted by Gasteiger charge is -2.19. The van der Waals surface area contributed by atoms with Crippen molar-refractivity contribution in [2.45, 2.75) is 38.7 Å². The average Bonchev–Trinajstić information content (AvgIpc) is 3.01. The predicted octanol–water partition coefficient (Wildman–Crippen LogP) is 11.0. The highest BCUT2D eigenvalue weighted by Crippen LogP contribution is 2.36. The van der Waals surface area contributed by atoms with Crippen molar-refractivity contribution in [2.75, 3.05) is 0 Å². The molecular formula is C37H27F6NO. The fourth-order valence-corrected chi connectivity index (χ4v) is 5.06. The normalized spacial score (nSPS) is 11.3. The molecule has 0 amide bonds. The van der Waals surface area contributed by atoms with E-state index in [2.05, 4.69) is 6.92 Å². The molecular weight excluding hydrogens is 588 g/mol. The summed E-state index contributed by atoms with van der Waals surface area (Å²) in [4.78, 5) is 0. The van der Waals surface area contributed by atoms with E-state index in [0.717, 1.165) is 55.5 Å². The number of aryl methyl sites for hydroxylation is 1. The highest BCUT2D eigenvalue weighted by atomic mass is 19.3. The van der Waals surface area contributed by atoms with Crippen LogP contribution in [0.1, 0.15) is 42.9 Å². The molecule has 0 saturated heterocycles. The molecule has 0 atom stereocenters. The Balaban J connectivity index is 1.31. The third-order valence-electron chi connectivity index (χ3n) is 7.49. The molecule has 0 radical (unpaired) electrons. The van der Waals surface area contributed by atoms with Crippen molar-refractivity contribution in [1.29, 1.82) is 5.26 Å². The molecule has 2 nitrogen and oxygen atoms in total. The lowest BCUT2D eigenvalue weighted by molar-refractivity contribution is -0.185. The fourth-order valence-electron chi connectivity index (χ4n) is 5.06. The summed E-state index contributed by atoms with van der Waals surface area (Å²) in [6.07, 6.45) is 0.412. The number of benzene rings is 5. The molecule has 0 saturated carbocycles. The lowest BCUT2D eigenvalue weighted by atomic mass is 9.96. The summed E-state index contributed by atoms with van der Waals surface area (Å²) in [7, 11) is 0. The largest absolute Gasteiger partial charge is 0.429 e. The maximum absolute atomic E-state index is 15.2. The standard InChI is InChI=1S/C37H27F6NO/c1-2-3-4-5-23-6-13-29(14-7-23)37(42,43)45-30-15-10-24(11-16-30)25-12-17-31(33(39)18-25)28-20-34(40)36(35(41)21-28)26-8-9-27(22-44)32(38)19-26/h6-21H,2-5H2,1H3. The molecule has 0 aliphatic rings. The van der Waals surface area contributed by atoms with E-state index in [1.165, 1.54) is 60.7 Å². The number of rotatable bonds is 10. The Labute approximate surface area is 257 Å². The van der Waals surface area contributed by atoms with E-state index in [1.54, 1.807) is 18.2 Å². The van der Waals surface area contributed by atoms with Gasteiger partial charge in [-0.2, -0.15) is 14.0 Å². The molecule has 0 N–H and O–H groups in total. The Morgan fingerprint density at radius 1 is 0.644 bits per heavy atom. The summed E-state index contributed by atoms with van der Waals surface area (Å²) in [6, 6.07) is 22.6. The van der Waals surface area contributed by atoms with Gasteiger partial charge in [0.15, 0.2) is 0 Å². The Bertz CT molecular complexity index is 1840. The van der Waals surface area contributed by atoms with E-state index in [1.807, 2.05) is 0 Å². The molecule has 45 heavy (non-hydrogen) atoms. The zero-order chi connectivity index (χ0) is 32.1. The van der Waals surface area contributed by atoms with E-state index in [9.17, 15) is 22.0 Å². The molecule has 0 heterocycles. The molecule has 5 rings (SSSR count). The average molecular weight is 616 g/mol. The number of halogens is 6. The second-order valence-electron chi connectivity index (χ2n) is 10.6. The number of hydrogen-bond donors (Lipinski definition) is 0. The first kappa shape index (κ1) is 31.4. The number of nitriles is 1. The second kappa shape index (κ2) is 13.3. The van der Waals surface area contributed by atoms with Crippen LogP contribution in [0.15, 0.2) is 97.1 Å². The van der Waals surface area contributed by atoms with Gasteiger partial charge in [-0.1, -0.05) is 62.2 Å². The van der Waals surface area contributed by atoms with Crippen LogP contribution in [0.4, 0.5) is 26.3 Å². The molecule has 0 spiro atoms. The van der Waals surface area contributed by atoms with Crippen molar-refractivity contribution in [3.63, 3.8) is 0 Å². The summed E-state index contributed by atoms with van der Waals surface area (Å²) < 4.78 is 93.9. The number of hydrogen-bond acceptors (Lipinski definition) is 2. The van der Waals surface area contributed by atoms with Gasteiger partial charge in [-0.3, -0.25) is 0 Å². The van der Waals surface area contributed by atoms with Crippen LogP contribution in [-0.4, -0.2) is 0 Å². The third kappa shape index (κ3) is 7.04. The van der Waals surface area contributed by atoms with Crippen LogP contribution in [0.2, 0.25) is 0 Å². The molecule has 0 aromatic heterocycles. The van der Waals surface area contributed by atoms with Gasteiger partial charge in [0.25, 0.3) is 0 Å². The molecule has 0 aliphatic heterocycles. The number of ether oxygens (including phenoxy) is 1. The molecule has 0 fully saturated rings. The number of nitrogens with zero attached hydrogens (tertiary/aromatic N) is 1. The minimum atomic E-state index is -3.56. The van der Waals surface area contributed by atoms with Crippen molar-refractivity contribution < 1.29 is 31.1 Å². The minimum absolute atomic E-state index is 0.0770. The fraction of sp³-hybridized carbons (Fsp3) is 0.162. The van der Waals surface area contributed by atoms with Crippen molar-refractivity contribution in [1.82, 2.24) is 0 Å². The van der Waals surface area contributed by atoms with Crippen molar-refractivity contribution in [2.24, 2.45) is 0 Å². The van der Waals surface area contributed by atoms with Gasteiger partial charge in [0, 0.05) is 5.56 Å². The van der Waals surface area contributed by atoms with Gasteiger partial charge in [-0.15, -0.1) is 0 Å². The maximum Gasteiger partial charge on any atom is 0.426 e. The van der Waals surface area contributed by atoms with E-state index < -0.39 is 34.9 Å². The van der Waals surface area contributed by atoms with E-state index >= 15 is 4.39 Å². The Morgan fingerprint density at radius 3 is 1.84 bits per heavy atom. The molecule has 8 heteroatoms. The Hall–Kier alpha value is -5.03. The first-order chi connectivity index (χ1) is 21.6. The van der Waals surface area contributed by atoms with Gasteiger partial charge in [0.05, 0.1) is 16.7 Å². The first-order valence-electron chi connectivity index (χ1n) is 14.3. The zero-order valence-electron chi connectivity index (χ0n) is 24.2. The molecule has 0 unspecified atom stereocenters. The van der Waals surface area contributed by atoms with Crippen LogP contribution >= 0.6 is 0 Å². The van der Waals surface area contributed by atoms with Crippen LogP contribution in [0.25, 0.3) is 33.4 Å². The Kier molecular flexibility index (Phi) is 9.29. The van der Waals surface area contributed by atoms with Gasteiger partial charge in [-0.05, 0) is 95.3 Å². The number of unbranched alkanes of at least 4 members (excludes halogenated alkanes) is 2. The van der Waals surface area contributed by atoms with Gasteiger partial charge in [0.1, 0.15) is 35.1 Å². The van der Waals surface area contributed by atoms with Crippen LogP contribution in [0, 0.1) is 34.6 Å². The second-order valence-corrected chi connectivity index (χ2v) is 10.6. The van der Waals surface area contributed by atoms with E-state index in [4.69, 9.17) is 10.00 Å². The summed E-state index contributed by atoms with van der Waals surface area (Å²) in [5.74, 6) is -3.84. The highest BCUT2D eigenvalue weighted by Gasteiger charge is 2.34. The summed E-state index contributed by atoms with van der Waals surface area (Å²) in [5.41, 5.74) is 0.582. The van der Waals surface area contributed by atoms with Gasteiger partial charge < -0.3 is 4.74 Å². The first-order valence-corrected chi connectivity index (χ1v) is 14.3. The summed E-state index contributed by atoms with van der Waals surface area (Å²) >= 11 is 0. The maximum atomic E-state index is 15.2. The highest BCUT2D eigenvalue weighted by molar-refractivity contribution is 5.75. The quantitative estimate of drug-likeness (QED) is 0.116. The minimum Gasteiger partial charge on any atom is -0.429 e. The monoisotopic (exact) mass is 615 g/mol. The van der Waals surface area contributed by atoms with Gasteiger partial charge >= 0.3 is 6.11 Å². The summed E-state index contributed by atoms with van der Waals surface area (Å²) in [6.45, 7) is 2.10. The van der Waals surface area contributed by atoms with Crippen LogP contribution in [0.3, 0.4) is 0 Å². The van der Waals surface area contributed by atoms with Gasteiger partial charge in [-0.25, -0.2) is 17.6 Å². The Morgan fingerprint density at radius 2 is 1.24 bits per heavy atom. The summed E-state index contributed by atoms with van der Waals surface area (Å²) in [5, 5.41) is 8.89. The third-order valence-corrected chi connectivity index (χ3v) is 7.49. The smallest absolute Gasteiger partial charge is 0.426 e. The van der Waals surface area contributed by atoms with Crippen molar-refractivity contribution >= 4 is 0 Å². The van der Waals surface area contributed by atoms with Crippen LogP contribution in [0.5, 0.6) is 5.75 Å². The van der Waals surface area contributed by atoms with Crippen molar-refractivity contribution in [3.8, 4) is 45.2 Å². The molecule has 5 aromatic carbocycles.